The third kappa shape index (κ3) is 4.42. The molecule has 35 heavy (non-hydrogen) atoms. The zero-order chi connectivity index (χ0) is 25.3. The van der Waals surface area contributed by atoms with Gasteiger partial charge in [0.05, 0.1) is 12.8 Å². The molecule has 5 amide bonds. The summed E-state index contributed by atoms with van der Waals surface area (Å²) in [4.78, 5) is 53.0. The van der Waals surface area contributed by atoms with Crippen LogP contribution in [0.2, 0.25) is 0 Å². The van der Waals surface area contributed by atoms with Crippen molar-refractivity contribution >= 4 is 35.5 Å². The first-order valence-electron chi connectivity index (χ1n) is 10.9. The number of likely N-dealkylation sites (N-methyl/N-ethyl adjacent to an activating group) is 1. The molecule has 0 aliphatic carbocycles. The Morgan fingerprint density at radius 3 is 2.66 bits per heavy atom. The summed E-state index contributed by atoms with van der Waals surface area (Å²) < 4.78 is 16.7. The molecule has 2 aliphatic heterocycles. The molecule has 182 valence electrons. The molecule has 2 aliphatic rings. The van der Waals surface area contributed by atoms with E-state index in [9.17, 15) is 19.2 Å². The van der Waals surface area contributed by atoms with E-state index >= 15 is 0 Å². The average Bonchev–Trinajstić information content (AvgIpc) is 3.29. The van der Waals surface area contributed by atoms with E-state index in [1.165, 1.54) is 20.1 Å². The highest BCUT2D eigenvalue weighted by Gasteiger charge is 2.38. The predicted molar refractivity (Wildman–Crippen MR) is 126 cm³/mol. The van der Waals surface area contributed by atoms with Crippen molar-refractivity contribution < 1.29 is 33.4 Å². The van der Waals surface area contributed by atoms with Crippen LogP contribution in [0, 0.1) is 6.92 Å². The number of carbonyl (C=O) groups is 4. The van der Waals surface area contributed by atoms with Crippen LogP contribution in [-0.4, -0.2) is 56.1 Å². The monoisotopic (exact) mass is 479 g/mol. The lowest BCUT2D eigenvalue weighted by Gasteiger charge is -2.27. The number of imide groups is 2. The van der Waals surface area contributed by atoms with Crippen LogP contribution in [0.3, 0.4) is 0 Å². The van der Waals surface area contributed by atoms with E-state index in [1.54, 1.807) is 49.2 Å². The van der Waals surface area contributed by atoms with Crippen LogP contribution >= 0.6 is 0 Å². The maximum absolute atomic E-state index is 13.4. The fourth-order valence-corrected chi connectivity index (χ4v) is 3.93. The number of nitrogens with one attached hydrogen (secondary N) is 1. The van der Waals surface area contributed by atoms with Crippen molar-refractivity contribution in [2.75, 3.05) is 32.4 Å². The zero-order valence-corrected chi connectivity index (χ0v) is 19.8. The molecule has 0 spiro atoms. The molecule has 1 saturated heterocycles. The van der Waals surface area contributed by atoms with Gasteiger partial charge in [-0.2, -0.15) is 0 Å². The summed E-state index contributed by atoms with van der Waals surface area (Å²) in [5.41, 5.74) is 1.91. The fraction of sp³-hybridized carbons (Fsp3) is 0.280. The normalized spacial score (nSPS) is 15.9. The Balaban J connectivity index is 1.82. The van der Waals surface area contributed by atoms with Gasteiger partial charge in [0.15, 0.2) is 11.5 Å². The van der Waals surface area contributed by atoms with Crippen LogP contribution in [0.1, 0.15) is 23.6 Å². The van der Waals surface area contributed by atoms with Crippen molar-refractivity contribution in [1.82, 2.24) is 10.2 Å². The van der Waals surface area contributed by atoms with Crippen LogP contribution in [-0.2, 0) is 20.8 Å². The second-order valence-corrected chi connectivity index (χ2v) is 8.15. The second-order valence-electron chi connectivity index (χ2n) is 8.15. The molecular formula is C25H25N3O7. The average molecular weight is 479 g/mol. The number of fused-ring (bicyclic) bond motifs is 1. The Morgan fingerprint density at radius 2 is 1.97 bits per heavy atom. The van der Waals surface area contributed by atoms with Crippen molar-refractivity contribution in [1.29, 1.82) is 0 Å². The number of aryl methyl sites for hydroxylation is 1. The molecule has 2 aromatic carbocycles. The molecule has 10 heteroatoms. The molecule has 4 rings (SSSR count). The molecule has 2 heterocycles. The third-order valence-corrected chi connectivity index (χ3v) is 5.95. The van der Waals surface area contributed by atoms with E-state index in [4.69, 9.17) is 14.2 Å². The van der Waals surface area contributed by atoms with Crippen LogP contribution in [0.5, 0.6) is 17.2 Å². The van der Waals surface area contributed by atoms with Crippen molar-refractivity contribution in [3.63, 3.8) is 0 Å². The van der Waals surface area contributed by atoms with Gasteiger partial charge in [-0.3, -0.25) is 19.7 Å². The highest BCUT2D eigenvalue weighted by molar-refractivity contribution is 6.39. The van der Waals surface area contributed by atoms with Crippen molar-refractivity contribution in [2.24, 2.45) is 0 Å². The summed E-state index contributed by atoms with van der Waals surface area (Å²) >= 11 is 0. The molecule has 0 aromatic heterocycles. The number of rotatable bonds is 6. The summed E-state index contributed by atoms with van der Waals surface area (Å²) in [6.45, 7) is 3.60. The number of para-hydroxylation sites is 1. The van der Waals surface area contributed by atoms with E-state index in [1.807, 2.05) is 0 Å². The summed E-state index contributed by atoms with van der Waals surface area (Å²) in [7, 11) is 3.12. The predicted octanol–water partition coefficient (Wildman–Crippen LogP) is 2.42. The van der Waals surface area contributed by atoms with Crippen LogP contribution < -0.4 is 24.4 Å². The van der Waals surface area contributed by atoms with E-state index in [2.05, 4.69) is 5.32 Å². The maximum Gasteiger partial charge on any atom is 0.335 e. The number of hydrogen-bond donors (Lipinski definition) is 1. The largest absolute Gasteiger partial charge is 0.492 e. The molecule has 1 fully saturated rings. The first-order chi connectivity index (χ1) is 16.7. The molecule has 0 atom stereocenters. The number of barbiturate groups is 1. The maximum atomic E-state index is 13.4. The van der Waals surface area contributed by atoms with Gasteiger partial charge in [0, 0.05) is 26.1 Å². The number of hydrogen-bond acceptors (Lipinski definition) is 7. The molecule has 0 saturated carbocycles. The fourth-order valence-electron chi connectivity index (χ4n) is 3.93. The Morgan fingerprint density at radius 1 is 1.23 bits per heavy atom. The van der Waals surface area contributed by atoms with Crippen molar-refractivity contribution in [3.05, 3.63) is 52.6 Å². The number of benzene rings is 2. The number of carbonyl (C=O) groups excluding carboxylic acids is 4. The van der Waals surface area contributed by atoms with E-state index in [0.717, 1.165) is 4.90 Å². The zero-order valence-electron chi connectivity index (χ0n) is 19.8. The summed E-state index contributed by atoms with van der Waals surface area (Å²) in [6.07, 6.45) is 1.78. The smallest absolute Gasteiger partial charge is 0.335 e. The number of nitrogens with zero attached hydrogens (tertiary/aromatic N) is 2. The number of ether oxygens (including phenoxy) is 3. The van der Waals surface area contributed by atoms with Gasteiger partial charge in [0.2, 0.25) is 18.4 Å². The Kier molecular flexibility index (Phi) is 6.46. The number of anilines is 1. The second kappa shape index (κ2) is 9.49. The van der Waals surface area contributed by atoms with Crippen LogP contribution in [0.4, 0.5) is 10.5 Å². The highest BCUT2D eigenvalue weighted by atomic mass is 16.7. The van der Waals surface area contributed by atoms with Crippen molar-refractivity contribution in [3.8, 4) is 17.2 Å². The molecule has 10 nitrogen and oxygen atoms in total. The van der Waals surface area contributed by atoms with Gasteiger partial charge < -0.3 is 19.1 Å². The SMILES string of the molecule is COc1c(/C=C2\C(=O)NC(=O)N(c3ccccc3C)C2=O)c(CCN(C)C(C)=O)cc2c1OCO2. The van der Waals surface area contributed by atoms with E-state index < -0.39 is 17.8 Å². The number of methoxy groups -OCH3 is 1. The molecule has 1 N–H and O–H groups in total. The van der Waals surface area contributed by atoms with Gasteiger partial charge in [-0.25, -0.2) is 9.69 Å². The summed E-state index contributed by atoms with van der Waals surface area (Å²) in [5.74, 6) is -0.602. The summed E-state index contributed by atoms with van der Waals surface area (Å²) in [5, 5.41) is 2.24. The van der Waals surface area contributed by atoms with Gasteiger partial charge in [-0.05, 0) is 42.7 Å². The molecular weight excluding hydrogens is 454 g/mol. The standard InChI is InChI=1S/C25H25N3O7/c1-14-7-5-6-8-19(14)28-24(31)18(23(30)26-25(28)32)12-17-16(9-10-27(3)15(2)29)11-20-22(21(17)33-4)35-13-34-20/h5-8,11-12H,9-10,13H2,1-4H3,(H,26,30,32)/b18-12+. The molecule has 0 bridgehead atoms. The number of amides is 5. The van der Waals surface area contributed by atoms with Gasteiger partial charge in [-0.1, -0.05) is 18.2 Å². The van der Waals surface area contributed by atoms with Crippen molar-refractivity contribution in [2.45, 2.75) is 20.3 Å². The van der Waals surface area contributed by atoms with Gasteiger partial charge in [0.25, 0.3) is 11.8 Å². The topological polar surface area (TPSA) is 114 Å². The van der Waals surface area contributed by atoms with Gasteiger partial charge >= 0.3 is 6.03 Å². The van der Waals surface area contributed by atoms with Gasteiger partial charge in [0.1, 0.15) is 5.57 Å². The molecule has 0 radical (unpaired) electrons. The third-order valence-electron chi connectivity index (χ3n) is 5.95. The molecule has 0 unspecified atom stereocenters. The summed E-state index contributed by atoms with van der Waals surface area (Å²) in [6, 6.07) is 7.79. The Hall–Kier alpha value is -4.34. The van der Waals surface area contributed by atoms with Crippen LogP contribution in [0.15, 0.2) is 35.9 Å². The van der Waals surface area contributed by atoms with Crippen LogP contribution in [0.25, 0.3) is 6.08 Å². The minimum Gasteiger partial charge on any atom is -0.492 e. The van der Waals surface area contributed by atoms with Gasteiger partial charge in [-0.15, -0.1) is 0 Å². The Bertz CT molecular complexity index is 1270. The first-order valence-corrected chi connectivity index (χ1v) is 10.9. The van der Waals surface area contributed by atoms with E-state index in [-0.39, 0.29) is 24.0 Å². The lowest BCUT2D eigenvalue weighted by atomic mass is 9.97. The quantitative estimate of drug-likeness (QED) is 0.500. The number of urea groups is 1. The lowest BCUT2D eigenvalue weighted by molar-refractivity contribution is -0.127. The minimum absolute atomic E-state index is 0.00646. The highest BCUT2D eigenvalue weighted by Crippen LogP contribution is 2.46. The molecule has 2 aromatic rings. The first kappa shape index (κ1) is 23.8. The minimum atomic E-state index is -0.826. The van der Waals surface area contributed by atoms with E-state index in [0.29, 0.717) is 46.8 Å². The lowest BCUT2D eigenvalue weighted by Crippen LogP contribution is -2.54. The Labute approximate surface area is 202 Å².